The summed E-state index contributed by atoms with van der Waals surface area (Å²) in [5.41, 5.74) is -2.48. The van der Waals surface area contributed by atoms with Crippen LogP contribution in [0, 0.1) is 0 Å². The SMILES string of the molecule is C[C@](O)(CC(=O)N1CCN(S(=O)(=O)Cc2ccccc2)CC1)C(F)(F)F. The zero-order valence-corrected chi connectivity index (χ0v) is 15.1. The first-order chi connectivity index (χ1) is 11.9. The molecule has 1 aliphatic rings. The molecule has 10 heteroatoms. The molecule has 1 fully saturated rings. The van der Waals surface area contributed by atoms with Crippen LogP contribution in [-0.2, 0) is 20.6 Å². The fourth-order valence-electron chi connectivity index (χ4n) is 2.60. The number of hydrogen-bond acceptors (Lipinski definition) is 4. The molecule has 1 aliphatic heterocycles. The molecular formula is C16H21F3N2O4S. The number of nitrogens with zero attached hydrogens (tertiary/aromatic N) is 2. The molecule has 26 heavy (non-hydrogen) atoms. The summed E-state index contributed by atoms with van der Waals surface area (Å²) in [5.74, 6) is -1.03. The summed E-state index contributed by atoms with van der Waals surface area (Å²) in [6.45, 7) is 0.539. The van der Waals surface area contributed by atoms with Crippen LogP contribution in [0.1, 0.15) is 18.9 Å². The Kier molecular flexibility index (Phi) is 5.99. The number of halogens is 3. The fourth-order valence-corrected chi connectivity index (χ4v) is 4.11. The van der Waals surface area contributed by atoms with E-state index in [9.17, 15) is 31.5 Å². The van der Waals surface area contributed by atoms with Crippen molar-refractivity contribution in [2.45, 2.75) is 30.9 Å². The van der Waals surface area contributed by atoms with Crippen molar-refractivity contribution in [3.8, 4) is 0 Å². The van der Waals surface area contributed by atoms with Gasteiger partial charge in [0.1, 0.15) is 0 Å². The molecule has 1 aromatic rings. The zero-order valence-electron chi connectivity index (χ0n) is 14.2. The first-order valence-corrected chi connectivity index (χ1v) is 9.62. The monoisotopic (exact) mass is 394 g/mol. The van der Waals surface area contributed by atoms with Gasteiger partial charge in [0.25, 0.3) is 0 Å². The molecule has 146 valence electrons. The van der Waals surface area contributed by atoms with Crippen molar-refractivity contribution in [2.75, 3.05) is 26.2 Å². The molecule has 1 saturated heterocycles. The lowest BCUT2D eigenvalue weighted by atomic mass is 10.0. The van der Waals surface area contributed by atoms with E-state index in [1.54, 1.807) is 30.3 Å². The Morgan fingerprint density at radius 1 is 1.12 bits per heavy atom. The second kappa shape index (κ2) is 7.53. The van der Waals surface area contributed by atoms with Gasteiger partial charge in [0.05, 0.1) is 12.2 Å². The molecule has 0 aliphatic carbocycles. The number of carbonyl (C=O) groups is 1. The molecule has 1 atom stereocenters. The maximum absolute atomic E-state index is 12.7. The molecule has 0 aromatic heterocycles. The average molecular weight is 394 g/mol. The Hall–Kier alpha value is -1.65. The van der Waals surface area contributed by atoms with Gasteiger partial charge in [-0.15, -0.1) is 0 Å². The molecule has 1 amide bonds. The lowest BCUT2D eigenvalue weighted by Gasteiger charge is -2.35. The predicted molar refractivity (Wildman–Crippen MR) is 88.5 cm³/mol. The number of alkyl halides is 3. The van der Waals surface area contributed by atoms with E-state index in [-0.39, 0.29) is 31.9 Å². The summed E-state index contributed by atoms with van der Waals surface area (Å²) >= 11 is 0. The van der Waals surface area contributed by atoms with Crippen molar-refractivity contribution in [3.05, 3.63) is 35.9 Å². The molecule has 1 aromatic carbocycles. The van der Waals surface area contributed by atoms with Crippen molar-refractivity contribution in [1.82, 2.24) is 9.21 Å². The topological polar surface area (TPSA) is 77.9 Å². The van der Waals surface area contributed by atoms with Crippen molar-refractivity contribution >= 4 is 15.9 Å². The Balaban J connectivity index is 1.93. The minimum Gasteiger partial charge on any atom is -0.380 e. The van der Waals surface area contributed by atoms with Gasteiger partial charge in [0.2, 0.25) is 15.9 Å². The van der Waals surface area contributed by atoms with Gasteiger partial charge in [-0.25, -0.2) is 8.42 Å². The van der Waals surface area contributed by atoms with Crippen molar-refractivity contribution in [2.24, 2.45) is 0 Å². The summed E-state index contributed by atoms with van der Waals surface area (Å²) in [5, 5.41) is 9.42. The molecule has 1 N–H and O–H groups in total. The number of carbonyl (C=O) groups excluding carboxylic acids is 1. The number of amides is 1. The van der Waals surface area contributed by atoms with Crippen molar-refractivity contribution in [3.63, 3.8) is 0 Å². The van der Waals surface area contributed by atoms with E-state index < -0.39 is 34.1 Å². The van der Waals surface area contributed by atoms with E-state index in [4.69, 9.17) is 0 Å². The van der Waals surface area contributed by atoms with E-state index in [2.05, 4.69) is 0 Å². The van der Waals surface area contributed by atoms with Crippen LogP contribution in [0.5, 0.6) is 0 Å². The standard InChI is InChI=1S/C16H21F3N2O4S/c1-15(23,16(17,18)19)11-14(22)20-7-9-21(10-8-20)26(24,25)12-13-5-3-2-4-6-13/h2-6,23H,7-12H2,1H3/t15-/m0/s1. The highest BCUT2D eigenvalue weighted by atomic mass is 32.2. The number of sulfonamides is 1. The van der Waals surface area contributed by atoms with E-state index in [0.29, 0.717) is 12.5 Å². The van der Waals surface area contributed by atoms with Crippen LogP contribution in [0.4, 0.5) is 13.2 Å². The van der Waals surface area contributed by atoms with Gasteiger partial charge in [0.15, 0.2) is 5.60 Å². The number of benzene rings is 1. The first kappa shape index (κ1) is 20.7. The highest BCUT2D eigenvalue weighted by Crippen LogP contribution is 2.33. The lowest BCUT2D eigenvalue weighted by Crippen LogP contribution is -2.53. The third-order valence-electron chi connectivity index (χ3n) is 4.28. The smallest absolute Gasteiger partial charge is 0.380 e. The van der Waals surface area contributed by atoms with E-state index in [1.165, 1.54) is 4.31 Å². The summed E-state index contributed by atoms with van der Waals surface area (Å²) in [6, 6.07) is 8.62. The molecule has 6 nitrogen and oxygen atoms in total. The summed E-state index contributed by atoms with van der Waals surface area (Å²) < 4.78 is 64.1. The number of hydrogen-bond donors (Lipinski definition) is 1. The molecule has 0 bridgehead atoms. The predicted octanol–water partition coefficient (Wildman–Crippen LogP) is 1.36. The molecule has 1 heterocycles. The van der Waals surface area contributed by atoms with Gasteiger partial charge in [-0.3, -0.25) is 4.79 Å². The minimum atomic E-state index is -4.91. The van der Waals surface area contributed by atoms with Crippen LogP contribution in [-0.4, -0.2) is 66.6 Å². The molecule has 0 spiro atoms. The van der Waals surface area contributed by atoms with Gasteiger partial charge >= 0.3 is 6.18 Å². The van der Waals surface area contributed by atoms with Gasteiger partial charge in [-0.1, -0.05) is 30.3 Å². The van der Waals surface area contributed by atoms with Crippen LogP contribution in [0.15, 0.2) is 30.3 Å². The quantitative estimate of drug-likeness (QED) is 0.818. The average Bonchev–Trinajstić information content (AvgIpc) is 2.54. The number of aliphatic hydroxyl groups is 1. The number of rotatable bonds is 5. The second-order valence-corrected chi connectivity index (χ2v) is 8.44. The van der Waals surface area contributed by atoms with Gasteiger partial charge in [-0.05, 0) is 12.5 Å². The van der Waals surface area contributed by atoms with E-state index >= 15 is 0 Å². The fraction of sp³-hybridized carbons (Fsp3) is 0.562. The molecule has 0 radical (unpaired) electrons. The lowest BCUT2D eigenvalue weighted by molar-refractivity contribution is -0.254. The Morgan fingerprint density at radius 3 is 2.15 bits per heavy atom. The maximum Gasteiger partial charge on any atom is 0.417 e. The summed E-state index contributed by atoms with van der Waals surface area (Å²) in [6.07, 6.45) is -6.00. The van der Waals surface area contributed by atoms with Crippen molar-refractivity contribution < 1.29 is 31.5 Å². The highest BCUT2D eigenvalue weighted by Gasteiger charge is 2.51. The van der Waals surface area contributed by atoms with Gasteiger partial charge < -0.3 is 10.0 Å². The van der Waals surface area contributed by atoms with Gasteiger partial charge in [0, 0.05) is 26.2 Å². The maximum atomic E-state index is 12.7. The largest absolute Gasteiger partial charge is 0.417 e. The van der Waals surface area contributed by atoms with E-state index in [0.717, 1.165) is 4.90 Å². The summed E-state index contributed by atoms with van der Waals surface area (Å²) in [7, 11) is -3.58. The van der Waals surface area contributed by atoms with Crippen LogP contribution in [0.2, 0.25) is 0 Å². The third kappa shape index (κ3) is 4.95. The molecule has 0 unspecified atom stereocenters. The van der Waals surface area contributed by atoms with Crippen LogP contribution in [0.25, 0.3) is 0 Å². The minimum absolute atomic E-state index is 0.00900. The van der Waals surface area contributed by atoms with Crippen LogP contribution < -0.4 is 0 Å². The highest BCUT2D eigenvalue weighted by molar-refractivity contribution is 7.88. The number of piperazine rings is 1. The van der Waals surface area contributed by atoms with Gasteiger partial charge in [-0.2, -0.15) is 17.5 Å². The zero-order chi connectivity index (χ0) is 19.6. The van der Waals surface area contributed by atoms with Crippen LogP contribution >= 0.6 is 0 Å². The Morgan fingerprint density at radius 2 is 1.65 bits per heavy atom. The Labute approximate surface area is 150 Å². The molecule has 2 rings (SSSR count). The Bertz CT molecular complexity index is 728. The normalized spacial score (nSPS) is 19.2. The first-order valence-electron chi connectivity index (χ1n) is 8.01. The van der Waals surface area contributed by atoms with E-state index in [1.807, 2.05) is 0 Å². The van der Waals surface area contributed by atoms with Crippen LogP contribution in [0.3, 0.4) is 0 Å². The molecular weight excluding hydrogens is 373 g/mol. The third-order valence-corrected chi connectivity index (χ3v) is 6.13. The second-order valence-electron chi connectivity index (χ2n) is 6.47. The van der Waals surface area contributed by atoms with Crippen molar-refractivity contribution in [1.29, 1.82) is 0 Å². The molecule has 0 saturated carbocycles. The summed E-state index contributed by atoms with van der Waals surface area (Å²) in [4.78, 5) is 13.2.